The lowest BCUT2D eigenvalue weighted by atomic mass is 9.89. The molecule has 4 heteroatoms. The Morgan fingerprint density at radius 2 is 1.95 bits per heavy atom. The molecular weight excluding hydrogens is 250 g/mol. The van der Waals surface area contributed by atoms with Crippen LogP contribution in [0.4, 0.5) is 11.4 Å². The van der Waals surface area contributed by atoms with Gasteiger partial charge in [0.1, 0.15) is 0 Å². The first kappa shape index (κ1) is 13.4. The standard InChI is InChI=1S/C16H23N3O/c1-11(2)15-13-10-12(19-8-6-17-7-9-19)4-5-14(13)18(3)16(15)20/h4-5,10-11,15,17H,6-9H2,1-3H3. The maximum absolute atomic E-state index is 12.4. The summed E-state index contributed by atoms with van der Waals surface area (Å²) in [5, 5.41) is 3.37. The summed E-state index contributed by atoms with van der Waals surface area (Å²) in [6.45, 7) is 8.39. The van der Waals surface area contributed by atoms with Gasteiger partial charge < -0.3 is 15.1 Å². The van der Waals surface area contributed by atoms with E-state index in [1.54, 1.807) is 0 Å². The number of carbonyl (C=O) groups excluding carboxylic acids is 1. The van der Waals surface area contributed by atoms with Crippen molar-refractivity contribution in [3.63, 3.8) is 0 Å². The number of hydrogen-bond donors (Lipinski definition) is 1. The number of nitrogens with one attached hydrogen (secondary N) is 1. The van der Waals surface area contributed by atoms with E-state index in [2.05, 4.69) is 42.3 Å². The van der Waals surface area contributed by atoms with Crippen LogP contribution in [0.15, 0.2) is 18.2 Å². The molecule has 1 fully saturated rings. The van der Waals surface area contributed by atoms with Gasteiger partial charge in [-0.3, -0.25) is 4.79 Å². The number of rotatable bonds is 2. The Balaban J connectivity index is 1.97. The monoisotopic (exact) mass is 273 g/mol. The minimum absolute atomic E-state index is 0.0119. The van der Waals surface area contributed by atoms with Crippen molar-refractivity contribution in [2.45, 2.75) is 19.8 Å². The largest absolute Gasteiger partial charge is 0.369 e. The second kappa shape index (κ2) is 5.09. The second-order valence-electron chi connectivity index (χ2n) is 6.10. The van der Waals surface area contributed by atoms with Crippen LogP contribution in [0.2, 0.25) is 0 Å². The van der Waals surface area contributed by atoms with Crippen LogP contribution >= 0.6 is 0 Å². The highest BCUT2D eigenvalue weighted by Gasteiger charge is 2.37. The summed E-state index contributed by atoms with van der Waals surface area (Å²) >= 11 is 0. The number of amides is 1. The van der Waals surface area contributed by atoms with Crippen LogP contribution in [0.25, 0.3) is 0 Å². The van der Waals surface area contributed by atoms with Crippen LogP contribution in [-0.2, 0) is 4.79 Å². The summed E-state index contributed by atoms with van der Waals surface area (Å²) in [5.74, 6) is 0.579. The van der Waals surface area contributed by atoms with Crippen LogP contribution < -0.4 is 15.1 Å². The molecule has 1 aromatic rings. The fourth-order valence-corrected chi connectivity index (χ4v) is 3.32. The average molecular weight is 273 g/mol. The molecule has 0 aromatic heterocycles. The molecule has 2 aliphatic rings. The SMILES string of the molecule is CC(C)C1C(=O)N(C)c2ccc(N3CCNCC3)cc21. The van der Waals surface area contributed by atoms with Crippen molar-refractivity contribution >= 4 is 17.3 Å². The first-order valence-corrected chi connectivity index (χ1v) is 7.47. The van der Waals surface area contributed by atoms with Crippen molar-refractivity contribution in [2.24, 2.45) is 5.92 Å². The summed E-state index contributed by atoms with van der Waals surface area (Å²) in [6.07, 6.45) is 0. The minimum atomic E-state index is 0.0119. The van der Waals surface area contributed by atoms with E-state index in [0.29, 0.717) is 5.92 Å². The lowest BCUT2D eigenvalue weighted by molar-refractivity contribution is -0.119. The lowest BCUT2D eigenvalue weighted by Crippen LogP contribution is -2.43. The number of piperazine rings is 1. The number of benzene rings is 1. The normalized spacial score (nSPS) is 22.6. The van der Waals surface area contributed by atoms with Gasteiger partial charge in [0, 0.05) is 44.6 Å². The van der Waals surface area contributed by atoms with Crippen LogP contribution in [0.5, 0.6) is 0 Å². The van der Waals surface area contributed by atoms with Crippen molar-refractivity contribution in [2.75, 3.05) is 43.0 Å². The molecule has 0 spiro atoms. The van der Waals surface area contributed by atoms with Crippen LogP contribution in [0.1, 0.15) is 25.3 Å². The zero-order chi connectivity index (χ0) is 14.3. The quantitative estimate of drug-likeness (QED) is 0.892. The number of carbonyl (C=O) groups is 1. The molecule has 20 heavy (non-hydrogen) atoms. The third-order valence-electron chi connectivity index (χ3n) is 4.45. The first-order valence-electron chi connectivity index (χ1n) is 7.47. The topological polar surface area (TPSA) is 35.6 Å². The molecule has 0 saturated carbocycles. The fraction of sp³-hybridized carbons (Fsp3) is 0.562. The van der Waals surface area contributed by atoms with E-state index < -0.39 is 0 Å². The molecule has 0 bridgehead atoms. The van der Waals surface area contributed by atoms with E-state index in [9.17, 15) is 4.79 Å². The Bertz CT molecular complexity index is 520. The fourth-order valence-electron chi connectivity index (χ4n) is 3.32. The van der Waals surface area contributed by atoms with Gasteiger partial charge in [0.05, 0.1) is 5.92 Å². The van der Waals surface area contributed by atoms with Gasteiger partial charge in [0.15, 0.2) is 0 Å². The Labute approximate surface area is 120 Å². The number of fused-ring (bicyclic) bond motifs is 1. The molecule has 0 radical (unpaired) electrons. The molecule has 1 amide bonds. The highest BCUT2D eigenvalue weighted by molar-refractivity contribution is 6.05. The Kier molecular flexibility index (Phi) is 3.42. The predicted molar refractivity (Wildman–Crippen MR) is 82.5 cm³/mol. The van der Waals surface area contributed by atoms with Gasteiger partial charge in [-0.25, -0.2) is 0 Å². The molecule has 108 valence electrons. The van der Waals surface area contributed by atoms with E-state index in [4.69, 9.17) is 0 Å². The Hall–Kier alpha value is -1.55. The molecular formula is C16H23N3O. The number of hydrogen-bond acceptors (Lipinski definition) is 3. The summed E-state index contributed by atoms with van der Waals surface area (Å²) < 4.78 is 0. The molecule has 1 atom stereocenters. The maximum Gasteiger partial charge on any atom is 0.234 e. The van der Waals surface area contributed by atoms with Crippen molar-refractivity contribution in [1.82, 2.24) is 5.32 Å². The van der Waals surface area contributed by atoms with E-state index in [-0.39, 0.29) is 11.8 Å². The van der Waals surface area contributed by atoms with E-state index >= 15 is 0 Å². The Morgan fingerprint density at radius 1 is 1.25 bits per heavy atom. The number of likely N-dealkylation sites (N-methyl/N-ethyl adjacent to an activating group) is 1. The van der Waals surface area contributed by atoms with E-state index in [0.717, 1.165) is 31.9 Å². The molecule has 1 unspecified atom stereocenters. The van der Waals surface area contributed by atoms with Crippen molar-refractivity contribution in [1.29, 1.82) is 0 Å². The van der Waals surface area contributed by atoms with Crippen molar-refractivity contribution in [3.8, 4) is 0 Å². The van der Waals surface area contributed by atoms with Gasteiger partial charge in [-0.15, -0.1) is 0 Å². The zero-order valence-electron chi connectivity index (χ0n) is 12.5. The van der Waals surface area contributed by atoms with Gasteiger partial charge in [0.2, 0.25) is 5.91 Å². The molecule has 1 N–H and O–H groups in total. The molecule has 1 saturated heterocycles. The van der Waals surface area contributed by atoms with Gasteiger partial charge in [-0.2, -0.15) is 0 Å². The average Bonchev–Trinajstić information content (AvgIpc) is 2.71. The predicted octanol–water partition coefficient (Wildman–Crippen LogP) is 1.81. The highest BCUT2D eigenvalue weighted by atomic mass is 16.2. The summed E-state index contributed by atoms with van der Waals surface area (Å²) in [6, 6.07) is 6.48. The second-order valence-corrected chi connectivity index (χ2v) is 6.10. The van der Waals surface area contributed by atoms with Gasteiger partial charge in [-0.05, 0) is 29.7 Å². The maximum atomic E-state index is 12.4. The Morgan fingerprint density at radius 3 is 2.60 bits per heavy atom. The van der Waals surface area contributed by atoms with Gasteiger partial charge >= 0.3 is 0 Å². The van der Waals surface area contributed by atoms with E-state index in [1.165, 1.54) is 11.3 Å². The van der Waals surface area contributed by atoms with Crippen LogP contribution in [0, 0.1) is 5.92 Å². The summed E-state index contributed by atoms with van der Waals surface area (Å²) in [5.41, 5.74) is 3.52. The van der Waals surface area contributed by atoms with E-state index in [1.807, 2.05) is 11.9 Å². The molecule has 2 heterocycles. The minimum Gasteiger partial charge on any atom is -0.369 e. The molecule has 2 aliphatic heterocycles. The number of anilines is 2. The summed E-state index contributed by atoms with van der Waals surface area (Å²) in [4.78, 5) is 16.6. The van der Waals surface area contributed by atoms with Crippen molar-refractivity contribution in [3.05, 3.63) is 23.8 Å². The smallest absolute Gasteiger partial charge is 0.234 e. The highest BCUT2D eigenvalue weighted by Crippen LogP contribution is 2.42. The number of nitrogens with zero attached hydrogens (tertiary/aromatic N) is 2. The zero-order valence-corrected chi connectivity index (χ0v) is 12.5. The lowest BCUT2D eigenvalue weighted by Gasteiger charge is -2.30. The third kappa shape index (κ3) is 2.08. The van der Waals surface area contributed by atoms with Gasteiger partial charge in [-0.1, -0.05) is 13.8 Å². The first-order chi connectivity index (χ1) is 9.59. The third-order valence-corrected chi connectivity index (χ3v) is 4.45. The van der Waals surface area contributed by atoms with Gasteiger partial charge in [0.25, 0.3) is 0 Å². The molecule has 1 aromatic carbocycles. The molecule has 3 rings (SSSR count). The summed E-state index contributed by atoms with van der Waals surface area (Å²) in [7, 11) is 1.88. The molecule has 0 aliphatic carbocycles. The molecule has 4 nitrogen and oxygen atoms in total. The van der Waals surface area contributed by atoms with Crippen LogP contribution in [-0.4, -0.2) is 39.1 Å². The van der Waals surface area contributed by atoms with Crippen molar-refractivity contribution < 1.29 is 4.79 Å². The van der Waals surface area contributed by atoms with Crippen LogP contribution in [0.3, 0.4) is 0 Å².